The molecule has 0 aromatic heterocycles. The molecule has 0 saturated heterocycles. The van der Waals surface area contributed by atoms with E-state index in [1.165, 1.54) is 4.90 Å². The number of rotatable bonds is 5. The van der Waals surface area contributed by atoms with E-state index < -0.39 is 69.6 Å². The van der Waals surface area contributed by atoms with Crippen molar-refractivity contribution in [3.63, 3.8) is 0 Å². The average molecular weight is 504 g/mol. The van der Waals surface area contributed by atoms with Crippen LogP contribution in [0.4, 0.5) is 4.39 Å². The number of aliphatic hydroxyl groups is 3. The number of likely N-dealkylation sites (N-methyl/N-ethyl adjacent to an activating group) is 1. The molecule has 194 valence electrons. The lowest BCUT2D eigenvalue weighted by Crippen LogP contribution is -2.63. The third-order valence-electron chi connectivity index (χ3n) is 7.71. The molecule has 36 heavy (non-hydrogen) atoms. The fourth-order valence-electron chi connectivity index (χ4n) is 5.87. The standard InChI is InChI=1S/C25H30FN3O7/c1-5-29(4)9-11-8-14(30)16-12(18(11)26)6-10-7-13-19(28(2)3)21(32)17(24(27)35)23(34)25(13,36)22(33)15(10)20(16)31/h8,10,13,19,30,32-33,36H,5-7,9H2,1-4H3,(H2,27,35)/t10-,13-,19-,25-/m0/s1. The highest BCUT2D eigenvalue weighted by atomic mass is 19.1. The molecule has 0 unspecified atom stereocenters. The van der Waals surface area contributed by atoms with E-state index in [1.54, 1.807) is 21.1 Å². The molecule has 0 saturated carbocycles. The molecule has 0 radical (unpaired) electrons. The molecule has 0 aliphatic heterocycles. The van der Waals surface area contributed by atoms with Crippen LogP contribution in [0.25, 0.3) is 0 Å². The Labute approximate surface area is 207 Å². The van der Waals surface area contributed by atoms with Gasteiger partial charge in [0.05, 0.1) is 11.6 Å². The summed E-state index contributed by atoms with van der Waals surface area (Å²) in [7, 11) is 4.87. The minimum absolute atomic E-state index is 0.00683. The van der Waals surface area contributed by atoms with Crippen LogP contribution in [0, 0.1) is 17.7 Å². The summed E-state index contributed by atoms with van der Waals surface area (Å²) in [6.07, 6.45) is -0.178. The van der Waals surface area contributed by atoms with Gasteiger partial charge in [0.15, 0.2) is 11.4 Å². The molecule has 0 bridgehead atoms. The molecule has 10 nitrogen and oxygen atoms in total. The lowest BCUT2D eigenvalue weighted by atomic mass is 9.58. The number of aliphatic hydroxyl groups excluding tert-OH is 2. The van der Waals surface area contributed by atoms with Crippen LogP contribution in [-0.2, 0) is 22.6 Å². The molecule has 0 heterocycles. The second kappa shape index (κ2) is 8.68. The molecule has 4 rings (SSSR count). The van der Waals surface area contributed by atoms with Gasteiger partial charge in [0, 0.05) is 29.2 Å². The number of nitrogens with two attached hydrogens (primary N) is 1. The third kappa shape index (κ3) is 3.45. The predicted octanol–water partition coefficient (Wildman–Crippen LogP) is 0.711. The van der Waals surface area contributed by atoms with Gasteiger partial charge in [-0.2, -0.15) is 0 Å². The van der Waals surface area contributed by atoms with E-state index in [0.717, 1.165) is 6.07 Å². The summed E-state index contributed by atoms with van der Waals surface area (Å²) in [6.45, 7) is 2.72. The van der Waals surface area contributed by atoms with Gasteiger partial charge in [-0.15, -0.1) is 0 Å². The van der Waals surface area contributed by atoms with E-state index in [-0.39, 0.29) is 41.6 Å². The molecule has 4 atom stereocenters. The summed E-state index contributed by atoms with van der Waals surface area (Å²) < 4.78 is 15.6. The van der Waals surface area contributed by atoms with Gasteiger partial charge >= 0.3 is 0 Å². The fourth-order valence-corrected chi connectivity index (χ4v) is 5.87. The molecule has 11 heteroatoms. The van der Waals surface area contributed by atoms with Crippen molar-refractivity contribution in [1.29, 1.82) is 0 Å². The van der Waals surface area contributed by atoms with Gasteiger partial charge in [-0.25, -0.2) is 4.39 Å². The topological polar surface area (TPSA) is 165 Å². The summed E-state index contributed by atoms with van der Waals surface area (Å²) in [5.41, 5.74) is 1.26. The smallest absolute Gasteiger partial charge is 0.255 e. The number of aromatic hydroxyl groups is 1. The van der Waals surface area contributed by atoms with Crippen LogP contribution in [0.3, 0.4) is 0 Å². The van der Waals surface area contributed by atoms with Crippen LogP contribution in [0.5, 0.6) is 5.75 Å². The van der Waals surface area contributed by atoms with Crippen molar-refractivity contribution in [1.82, 2.24) is 9.80 Å². The van der Waals surface area contributed by atoms with Crippen LogP contribution in [-0.4, -0.2) is 87.0 Å². The van der Waals surface area contributed by atoms with Crippen LogP contribution >= 0.6 is 0 Å². The zero-order valence-corrected chi connectivity index (χ0v) is 20.5. The van der Waals surface area contributed by atoms with E-state index in [4.69, 9.17) is 5.73 Å². The number of hydrogen-bond acceptors (Lipinski definition) is 9. The number of nitrogens with zero attached hydrogens (tertiary/aromatic N) is 2. The Morgan fingerprint density at radius 3 is 2.42 bits per heavy atom. The fraction of sp³-hybridized carbons (Fsp3) is 0.480. The van der Waals surface area contributed by atoms with Crippen LogP contribution < -0.4 is 5.73 Å². The number of benzene rings is 1. The summed E-state index contributed by atoms with van der Waals surface area (Å²) in [6, 6.07) is 0.0641. The number of hydrogen-bond donors (Lipinski definition) is 5. The second-order valence-electron chi connectivity index (χ2n) is 10.0. The van der Waals surface area contributed by atoms with Crippen LogP contribution in [0.1, 0.15) is 34.8 Å². The second-order valence-corrected chi connectivity index (χ2v) is 10.0. The number of primary amides is 1. The van der Waals surface area contributed by atoms with E-state index in [1.807, 2.05) is 11.8 Å². The number of amides is 1. The van der Waals surface area contributed by atoms with Gasteiger partial charge in [-0.1, -0.05) is 6.92 Å². The number of carbonyl (C=O) groups excluding carboxylic acids is 3. The van der Waals surface area contributed by atoms with Crippen molar-refractivity contribution in [2.75, 3.05) is 27.7 Å². The van der Waals surface area contributed by atoms with Crippen LogP contribution in [0.15, 0.2) is 28.7 Å². The van der Waals surface area contributed by atoms with Crippen molar-refractivity contribution in [2.24, 2.45) is 17.6 Å². The van der Waals surface area contributed by atoms with Crippen LogP contribution in [0.2, 0.25) is 0 Å². The van der Waals surface area contributed by atoms with Gasteiger partial charge in [0.1, 0.15) is 28.7 Å². The lowest BCUT2D eigenvalue weighted by molar-refractivity contribution is -0.148. The monoisotopic (exact) mass is 503 g/mol. The summed E-state index contributed by atoms with van der Waals surface area (Å²) in [5.74, 6) is -8.23. The van der Waals surface area contributed by atoms with Gasteiger partial charge in [0.25, 0.3) is 5.91 Å². The Balaban J connectivity index is 1.91. The maximum Gasteiger partial charge on any atom is 0.255 e. The molecule has 3 aliphatic rings. The van der Waals surface area contributed by atoms with Gasteiger partial charge in [-0.05, 0) is 52.5 Å². The Kier molecular flexibility index (Phi) is 6.22. The Bertz CT molecular complexity index is 1250. The van der Waals surface area contributed by atoms with Gasteiger partial charge in [-0.3, -0.25) is 19.3 Å². The summed E-state index contributed by atoms with van der Waals surface area (Å²) in [4.78, 5) is 42.0. The summed E-state index contributed by atoms with van der Waals surface area (Å²) >= 11 is 0. The molecule has 1 amide bonds. The number of halogens is 1. The van der Waals surface area contributed by atoms with E-state index in [0.29, 0.717) is 6.54 Å². The molecule has 1 aromatic rings. The number of ketones is 2. The molecular weight excluding hydrogens is 473 g/mol. The highest BCUT2D eigenvalue weighted by Gasteiger charge is 2.63. The van der Waals surface area contributed by atoms with Crippen molar-refractivity contribution in [2.45, 2.75) is 38.0 Å². The minimum atomic E-state index is -2.72. The number of fused-ring (bicyclic) bond motifs is 3. The third-order valence-corrected chi connectivity index (χ3v) is 7.71. The zero-order chi connectivity index (χ0) is 26.9. The van der Waals surface area contributed by atoms with Gasteiger partial charge < -0.3 is 31.1 Å². The maximum atomic E-state index is 15.6. The largest absolute Gasteiger partial charge is 0.510 e. The van der Waals surface area contributed by atoms with Crippen molar-refractivity contribution < 1.29 is 39.2 Å². The zero-order valence-electron chi connectivity index (χ0n) is 20.5. The van der Waals surface area contributed by atoms with Crippen molar-refractivity contribution in [3.05, 3.63) is 51.2 Å². The highest BCUT2D eigenvalue weighted by Crippen LogP contribution is 2.52. The van der Waals surface area contributed by atoms with Crippen molar-refractivity contribution in [3.8, 4) is 5.75 Å². The Hall–Kier alpha value is -3.28. The molecule has 6 N–H and O–H groups in total. The predicted molar refractivity (Wildman–Crippen MR) is 126 cm³/mol. The van der Waals surface area contributed by atoms with E-state index in [2.05, 4.69) is 0 Å². The Morgan fingerprint density at radius 2 is 1.86 bits per heavy atom. The number of phenolic OH excluding ortho intramolecular Hbond substituents is 1. The van der Waals surface area contributed by atoms with Gasteiger partial charge in [0.2, 0.25) is 5.78 Å². The number of Topliss-reactive ketones (excluding diaryl/α,β-unsaturated/α-hetero) is 2. The lowest BCUT2D eigenvalue weighted by Gasteiger charge is -2.50. The molecule has 0 fully saturated rings. The number of allylic oxidation sites excluding steroid dienone is 1. The van der Waals surface area contributed by atoms with Crippen molar-refractivity contribution >= 4 is 17.5 Å². The van der Waals surface area contributed by atoms with E-state index >= 15 is 4.39 Å². The first-order valence-electron chi connectivity index (χ1n) is 11.6. The highest BCUT2D eigenvalue weighted by molar-refractivity contribution is 6.24. The first kappa shape index (κ1) is 25.8. The average Bonchev–Trinajstić information content (AvgIpc) is 2.78. The molecular formula is C25H30FN3O7. The molecule has 0 spiro atoms. The first-order valence-corrected chi connectivity index (χ1v) is 11.6. The maximum absolute atomic E-state index is 15.6. The Morgan fingerprint density at radius 1 is 1.22 bits per heavy atom. The molecule has 3 aliphatic carbocycles. The first-order chi connectivity index (χ1) is 16.8. The molecule has 1 aromatic carbocycles. The minimum Gasteiger partial charge on any atom is -0.510 e. The SMILES string of the molecule is CCN(C)Cc1cc(O)c2c(c1F)C[C@H]1C[C@H]3[C@H](N(C)C)C(O)=C(C(N)=O)C(=O)[C@@]3(O)C(O)=C1C2=O. The quantitative estimate of drug-likeness (QED) is 0.364. The normalized spacial score (nSPS) is 27.9. The summed E-state index contributed by atoms with van der Waals surface area (Å²) in [5, 5.41) is 44.2. The van der Waals surface area contributed by atoms with E-state index in [9.17, 15) is 34.8 Å². The number of phenols is 1. The number of carbonyl (C=O) groups is 3.